The van der Waals surface area contributed by atoms with Crippen LogP contribution in [0.1, 0.15) is 17.2 Å². The van der Waals surface area contributed by atoms with Gasteiger partial charge in [0, 0.05) is 0 Å². The van der Waals surface area contributed by atoms with E-state index in [2.05, 4.69) is 4.89 Å². The van der Waals surface area contributed by atoms with Gasteiger partial charge >= 0.3 is 0 Å². The van der Waals surface area contributed by atoms with E-state index in [-0.39, 0.29) is 0 Å². The molecule has 0 aliphatic carbocycles. The Kier molecular flexibility index (Phi) is 3.12. The van der Waals surface area contributed by atoms with E-state index in [4.69, 9.17) is 0 Å². The molecular formula is C13H11O2. The Bertz CT molecular complexity index is 358. The van der Waals surface area contributed by atoms with Crippen molar-refractivity contribution in [2.45, 2.75) is 6.10 Å². The van der Waals surface area contributed by atoms with Crippen LogP contribution in [0.3, 0.4) is 0 Å². The SMILES string of the molecule is [O]OC(c1ccccc1)c1ccccc1. The molecule has 0 spiro atoms. The maximum atomic E-state index is 10.7. The summed E-state index contributed by atoms with van der Waals surface area (Å²) in [5.74, 6) is 0. The molecule has 0 atom stereocenters. The summed E-state index contributed by atoms with van der Waals surface area (Å²) in [7, 11) is 0. The van der Waals surface area contributed by atoms with Crippen molar-refractivity contribution >= 4 is 0 Å². The molecule has 0 aliphatic heterocycles. The maximum absolute atomic E-state index is 10.7. The van der Waals surface area contributed by atoms with Crippen LogP contribution < -0.4 is 0 Å². The molecule has 0 saturated heterocycles. The summed E-state index contributed by atoms with van der Waals surface area (Å²) in [6.45, 7) is 0. The molecule has 0 aliphatic rings. The molecule has 2 aromatic carbocycles. The summed E-state index contributed by atoms with van der Waals surface area (Å²) in [6.07, 6.45) is -0.521. The zero-order valence-electron chi connectivity index (χ0n) is 8.17. The molecule has 0 N–H and O–H groups in total. The highest BCUT2D eigenvalue weighted by atomic mass is 17.1. The molecule has 0 aromatic heterocycles. The van der Waals surface area contributed by atoms with Crippen LogP contribution >= 0.6 is 0 Å². The Labute approximate surface area is 88.7 Å². The fraction of sp³-hybridized carbons (Fsp3) is 0.0769. The van der Waals surface area contributed by atoms with Crippen molar-refractivity contribution in [3.05, 3.63) is 71.8 Å². The topological polar surface area (TPSA) is 29.1 Å². The Morgan fingerprint density at radius 3 is 1.47 bits per heavy atom. The molecule has 2 rings (SSSR count). The van der Waals surface area contributed by atoms with Gasteiger partial charge in [-0.15, -0.1) is 0 Å². The van der Waals surface area contributed by atoms with Crippen LogP contribution in [0.25, 0.3) is 0 Å². The second-order valence-corrected chi connectivity index (χ2v) is 3.30. The highest BCUT2D eigenvalue weighted by molar-refractivity contribution is 5.29. The summed E-state index contributed by atoms with van der Waals surface area (Å²) in [5, 5.41) is 10.7. The van der Waals surface area contributed by atoms with E-state index in [1.165, 1.54) is 0 Å². The predicted octanol–water partition coefficient (Wildman–Crippen LogP) is 3.14. The molecule has 1 radical (unpaired) electrons. The van der Waals surface area contributed by atoms with E-state index in [0.717, 1.165) is 11.1 Å². The zero-order valence-corrected chi connectivity index (χ0v) is 8.17. The standard InChI is InChI=1S/C13H11O2/c14-15-13(11-7-3-1-4-8-11)12-9-5-2-6-10-12/h1-10,13H. The molecule has 2 heteroatoms. The number of rotatable bonds is 3. The predicted molar refractivity (Wildman–Crippen MR) is 56.5 cm³/mol. The molecule has 0 fully saturated rings. The minimum atomic E-state index is -0.521. The first kappa shape index (κ1) is 9.90. The lowest BCUT2D eigenvalue weighted by Gasteiger charge is -2.12. The van der Waals surface area contributed by atoms with Crippen LogP contribution in [0.2, 0.25) is 0 Å². The van der Waals surface area contributed by atoms with Crippen molar-refractivity contribution in [1.82, 2.24) is 0 Å². The zero-order chi connectivity index (χ0) is 10.5. The van der Waals surface area contributed by atoms with Gasteiger partial charge in [0.1, 0.15) is 6.10 Å². The van der Waals surface area contributed by atoms with Crippen molar-refractivity contribution < 1.29 is 10.1 Å². The van der Waals surface area contributed by atoms with Crippen molar-refractivity contribution in [3.8, 4) is 0 Å². The normalized spacial score (nSPS) is 10.5. The lowest BCUT2D eigenvalue weighted by Crippen LogP contribution is -2.02. The number of hydrogen-bond donors (Lipinski definition) is 0. The van der Waals surface area contributed by atoms with Crippen LogP contribution in [-0.4, -0.2) is 0 Å². The minimum Gasteiger partial charge on any atom is -0.191 e. The van der Waals surface area contributed by atoms with E-state index in [1.54, 1.807) is 0 Å². The summed E-state index contributed by atoms with van der Waals surface area (Å²) in [6, 6.07) is 18.9. The van der Waals surface area contributed by atoms with Gasteiger partial charge in [0.2, 0.25) is 0 Å². The average molecular weight is 199 g/mol. The first-order valence-corrected chi connectivity index (χ1v) is 4.80. The molecule has 2 nitrogen and oxygen atoms in total. The maximum Gasteiger partial charge on any atom is 0.146 e. The third-order valence-corrected chi connectivity index (χ3v) is 2.30. The van der Waals surface area contributed by atoms with Crippen LogP contribution in [0.4, 0.5) is 0 Å². The molecule has 75 valence electrons. The highest BCUT2D eigenvalue weighted by Crippen LogP contribution is 2.24. The second-order valence-electron chi connectivity index (χ2n) is 3.30. The first-order chi connectivity index (χ1) is 7.42. The molecule has 0 saturated carbocycles. The van der Waals surface area contributed by atoms with Gasteiger partial charge in [-0.1, -0.05) is 60.7 Å². The molecular weight excluding hydrogens is 188 g/mol. The Balaban J connectivity index is 2.34. The fourth-order valence-electron chi connectivity index (χ4n) is 1.56. The van der Waals surface area contributed by atoms with Gasteiger partial charge in [0.25, 0.3) is 0 Å². The largest absolute Gasteiger partial charge is 0.191 e. The summed E-state index contributed by atoms with van der Waals surface area (Å²) in [5.41, 5.74) is 1.75. The molecule has 0 unspecified atom stereocenters. The van der Waals surface area contributed by atoms with E-state index < -0.39 is 6.10 Å². The second kappa shape index (κ2) is 4.73. The first-order valence-electron chi connectivity index (χ1n) is 4.80. The summed E-state index contributed by atoms with van der Waals surface area (Å²) in [4.78, 5) is 4.27. The minimum absolute atomic E-state index is 0.521. The average Bonchev–Trinajstić information content (AvgIpc) is 2.33. The summed E-state index contributed by atoms with van der Waals surface area (Å²) < 4.78 is 0. The molecule has 0 amide bonds. The smallest absolute Gasteiger partial charge is 0.146 e. The van der Waals surface area contributed by atoms with E-state index >= 15 is 0 Å². The van der Waals surface area contributed by atoms with Gasteiger partial charge in [0.15, 0.2) is 0 Å². The van der Waals surface area contributed by atoms with Gasteiger partial charge in [-0.3, -0.25) is 0 Å². The van der Waals surface area contributed by atoms with E-state index in [9.17, 15) is 5.26 Å². The van der Waals surface area contributed by atoms with Crippen molar-refractivity contribution in [3.63, 3.8) is 0 Å². The van der Waals surface area contributed by atoms with E-state index in [0.29, 0.717) is 0 Å². The highest BCUT2D eigenvalue weighted by Gasteiger charge is 2.14. The van der Waals surface area contributed by atoms with Gasteiger partial charge < -0.3 is 0 Å². The van der Waals surface area contributed by atoms with Crippen molar-refractivity contribution in [2.24, 2.45) is 0 Å². The van der Waals surface area contributed by atoms with Gasteiger partial charge in [-0.2, -0.15) is 4.89 Å². The van der Waals surface area contributed by atoms with E-state index in [1.807, 2.05) is 60.7 Å². The van der Waals surface area contributed by atoms with Gasteiger partial charge in [-0.05, 0) is 16.4 Å². The fourth-order valence-corrected chi connectivity index (χ4v) is 1.56. The lowest BCUT2D eigenvalue weighted by molar-refractivity contribution is -0.328. The Morgan fingerprint density at radius 1 is 0.733 bits per heavy atom. The Morgan fingerprint density at radius 2 is 1.13 bits per heavy atom. The van der Waals surface area contributed by atoms with Crippen molar-refractivity contribution in [2.75, 3.05) is 0 Å². The number of hydrogen-bond acceptors (Lipinski definition) is 1. The monoisotopic (exact) mass is 199 g/mol. The van der Waals surface area contributed by atoms with Crippen LogP contribution in [-0.2, 0) is 10.1 Å². The lowest BCUT2D eigenvalue weighted by atomic mass is 10.0. The summed E-state index contributed by atoms with van der Waals surface area (Å²) >= 11 is 0. The molecule has 15 heavy (non-hydrogen) atoms. The van der Waals surface area contributed by atoms with Crippen LogP contribution in [0.5, 0.6) is 0 Å². The van der Waals surface area contributed by atoms with Crippen LogP contribution in [0, 0.1) is 0 Å². The third kappa shape index (κ3) is 2.24. The van der Waals surface area contributed by atoms with Crippen LogP contribution in [0.15, 0.2) is 60.7 Å². The molecule has 0 bridgehead atoms. The molecule has 0 heterocycles. The van der Waals surface area contributed by atoms with Gasteiger partial charge in [0.05, 0.1) is 0 Å². The third-order valence-electron chi connectivity index (χ3n) is 2.30. The van der Waals surface area contributed by atoms with Gasteiger partial charge in [-0.25, -0.2) is 0 Å². The van der Waals surface area contributed by atoms with Crippen molar-refractivity contribution in [1.29, 1.82) is 0 Å². The molecule has 2 aromatic rings. The number of benzene rings is 2. The Hall–Kier alpha value is -1.64. The quantitative estimate of drug-likeness (QED) is 0.551.